The topological polar surface area (TPSA) is 125 Å². The Balaban J connectivity index is 1.52. The molecule has 0 unspecified atom stereocenters. The number of aromatic hydroxyl groups is 1. The van der Waals surface area contributed by atoms with Gasteiger partial charge in [-0.2, -0.15) is 0 Å². The number of amides is 2. The predicted molar refractivity (Wildman–Crippen MR) is 126 cm³/mol. The highest BCUT2D eigenvalue weighted by atomic mass is 35.5. The van der Waals surface area contributed by atoms with E-state index < -0.39 is 15.9 Å². The van der Waals surface area contributed by atoms with E-state index >= 15 is 0 Å². The van der Waals surface area contributed by atoms with Crippen molar-refractivity contribution in [2.75, 3.05) is 15.4 Å². The predicted octanol–water partition coefficient (Wildman–Crippen LogP) is 4.45. The number of anilines is 3. The molecule has 1 saturated carbocycles. The fraction of sp³-hybridized carbons (Fsp3) is 0.130. The van der Waals surface area contributed by atoms with Gasteiger partial charge >= 0.3 is 0 Å². The number of nitrogens with one attached hydrogen (secondary N) is 3. The smallest absolute Gasteiger partial charge is 0.261 e. The number of carbonyl (C=O) groups excluding carboxylic acids is 2. The molecule has 170 valence electrons. The van der Waals surface area contributed by atoms with Crippen molar-refractivity contribution in [1.82, 2.24) is 0 Å². The Labute approximate surface area is 195 Å². The number of rotatable bonds is 7. The van der Waals surface area contributed by atoms with Crippen molar-refractivity contribution in [3.05, 3.63) is 77.3 Å². The summed E-state index contributed by atoms with van der Waals surface area (Å²) in [5.74, 6) is -0.951. The summed E-state index contributed by atoms with van der Waals surface area (Å²) in [6.45, 7) is 0. The number of phenolic OH excluding ortho intramolecular Hbond substituents is 1. The molecule has 0 aromatic heterocycles. The van der Waals surface area contributed by atoms with Crippen molar-refractivity contribution in [3.8, 4) is 5.75 Å². The molecule has 3 aromatic rings. The Hall–Kier alpha value is -3.56. The third-order valence-electron chi connectivity index (χ3n) is 4.94. The summed E-state index contributed by atoms with van der Waals surface area (Å²) in [6, 6.07) is 16.1. The van der Waals surface area contributed by atoms with Crippen molar-refractivity contribution >= 4 is 50.5 Å². The summed E-state index contributed by atoms with van der Waals surface area (Å²) in [5.41, 5.74) is 0.895. The van der Waals surface area contributed by atoms with Crippen LogP contribution in [0.4, 0.5) is 17.1 Å². The molecule has 1 aliphatic carbocycles. The van der Waals surface area contributed by atoms with Crippen molar-refractivity contribution in [3.63, 3.8) is 0 Å². The molecule has 4 N–H and O–H groups in total. The first-order valence-electron chi connectivity index (χ1n) is 10.0. The van der Waals surface area contributed by atoms with Crippen LogP contribution in [0.3, 0.4) is 0 Å². The van der Waals surface area contributed by atoms with E-state index in [1.54, 1.807) is 36.4 Å². The molecule has 0 aliphatic heterocycles. The molecule has 0 radical (unpaired) electrons. The molecule has 8 nitrogen and oxygen atoms in total. The Bertz CT molecular complexity index is 1340. The quantitative estimate of drug-likeness (QED) is 0.368. The molecule has 10 heteroatoms. The molecular weight excluding hydrogens is 466 g/mol. The number of halogens is 1. The van der Waals surface area contributed by atoms with Crippen molar-refractivity contribution < 1.29 is 23.1 Å². The van der Waals surface area contributed by atoms with Gasteiger partial charge < -0.3 is 15.7 Å². The zero-order valence-corrected chi connectivity index (χ0v) is 18.8. The van der Waals surface area contributed by atoms with E-state index in [0.717, 1.165) is 18.9 Å². The Kier molecular flexibility index (Phi) is 6.26. The summed E-state index contributed by atoms with van der Waals surface area (Å²) < 4.78 is 27.9. The first-order chi connectivity index (χ1) is 15.7. The molecular formula is C23H20ClN3O5S. The Morgan fingerprint density at radius 1 is 0.909 bits per heavy atom. The van der Waals surface area contributed by atoms with Crippen molar-refractivity contribution in [1.29, 1.82) is 0 Å². The largest absolute Gasteiger partial charge is 0.506 e. The van der Waals surface area contributed by atoms with Crippen molar-refractivity contribution in [2.45, 2.75) is 17.7 Å². The summed E-state index contributed by atoms with van der Waals surface area (Å²) in [5, 5.41) is 15.8. The molecule has 1 fully saturated rings. The fourth-order valence-corrected chi connectivity index (χ4v) is 4.34. The number of benzene rings is 3. The van der Waals surface area contributed by atoms with Crippen LogP contribution in [0.5, 0.6) is 5.75 Å². The standard InChI is InChI=1S/C23H20ClN3O5S/c24-16-4-2-6-18(12-16)27-33(31,32)19-9-10-21(28)20(13-19)26-23(30)15-3-1-5-17(11-15)25-22(29)14-7-8-14/h1-6,9-14,27-28H,7-8H2,(H,25,29)(H,26,30). The van der Waals surface area contributed by atoms with Crippen LogP contribution in [0.15, 0.2) is 71.6 Å². The van der Waals surface area contributed by atoms with Crippen LogP contribution in [0.25, 0.3) is 0 Å². The van der Waals surface area contributed by atoms with Gasteiger partial charge in [-0.05, 0) is 67.4 Å². The lowest BCUT2D eigenvalue weighted by Crippen LogP contribution is -2.16. The molecule has 0 spiro atoms. The van der Waals surface area contributed by atoms with E-state index in [9.17, 15) is 23.1 Å². The maximum absolute atomic E-state index is 12.8. The molecule has 3 aromatic carbocycles. The maximum atomic E-state index is 12.8. The number of phenols is 1. The first-order valence-corrected chi connectivity index (χ1v) is 11.9. The van der Waals surface area contributed by atoms with E-state index in [4.69, 9.17) is 11.6 Å². The molecule has 0 heterocycles. The van der Waals surface area contributed by atoms with Crippen LogP contribution in [0.2, 0.25) is 5.02 Å². The van der Waals surface area contributed by atoms with Gasteiger partial charge in [-0.15, -0.1) is 0 Å². The summed E-state index contributed by atoms with van der Waals surface area (Å²) in [6.07, 6.45) is 1.72. The molecule has 33 heavy (non-hydrogen) atoms. The van der Waals surface area contributed by atoms with Gasteiger partial charge in [0.15, 0.2) is 0 Å². The zero-order chi connectivity index (χ0) is 23.6. The first kappa shape index (κ1) is 22.6. The van der Waals surface area contributed by atoms with Gasteiger partial charge in [0.25, 0.3) is 15.9 Å². The second-order valence-electron chi connectivity index (χ2n) is 7.59. The second kappa shape index (κ2) is 9.13. The van der Waals surface area contributed by atoms with Crippen LogP contribution < -0.4 is 15.4 Å². The summed E-state index contributed by atoms with van der Waals surface area (Å²) >= 11 is 5.90. The average Bonchev–Trinajstić information content (AvgIpc) is 3.60. The lowest BCUT2D eigenvalue weighted by Gasteiger charge is -2.12. The average molecular weight is 486 g/mol. The van der Waals surface area contributed by atoms with E-state index in [1.807, 2.05) is 0 Å². The molecule has 1 aliphatic rings. The van der Waals surface area contributed by atoms with E-state index in [0.29, 0.717) is 10.7 Å². The van der Waals surface area contributed by atoms with Gasteiger partial charge in [0, 0.05) is 22.2 Å². The SMILES string of the molecule is O=C(Nc1cc(S(=O)(=O)Nc2cccc(Cl)c2)ccc1O)c1cccc(NC(=O)C2CC2)c1. The monoisotopic (exact) mass is 485 g/mol. The van der Waals surface area contributed by atoms with Crippen LogP contribution in [0, 0.1) is 5.92 Å². The highest BCUT2D eigenvalue weighted by Gasteiger charge is 2.29. The van der Waals surface area contributed by atoms with Gasteiger partial charge in [0.05, 0.1) is 16.3 Å². The lowest BCUT2D eigenvalue weighted by molar-refractivity contribution is -0.117. The van der Waals surface area contributed by atoms with Gasteiger partial charge in [0.1, 0.15) is 5.75 Å². The molecule has 0 saturated heterocycles. The van der Waals surface area contributed by atoms with Crippen LogP contribution >= 0.6 is 11.6 Å². The zero-order valence-electron chi connectivity index (χ0n) is 17.2. The van der Waals surface area contributed by atoms with Crippen LogP contribution in [-0.4, -0.2) is 25.3 Å². The maximum Gasteiger partial charge on any atom is 0.261 e. The normalized spacial score (nSPS) is 13.2. The Morgan fingerprint density at radius 2 is 1.64 bits per heavy atom. The van der Waals surface area contributed by atoms with Gasteiger partial charge in [-0.3, -0.25) is 14.3 Å². The summed E-state index contributed by atoms with van der Waals surface area (Å²) in [4.78, 5) is 24.5. The third kappa shape index (κ3) is 5.63. The van der Waals surface area contributed by atoms with Crippen LogP contribution in [-0.2, 0) is 14.8 Å². The van der Waals surface area contributed by atoms with Gasteiger partial charge in [0.2, 0.25) is 5.91 Å². The van der Waals surface area contributed by atoms with E-state index in [1.165, 1.54) is 24.3 Å². The van der Waals surface area contributed by atoms with E-state index in [2.05, 4.69) is 15.4 Å². The Morgan fingerprint density at radius 3 is 2.36 bits per heavy atom. The highest BCUT2D eigenvalue weighted by Crippen LogP contribution is 2.31. The van der Waals surface area contributed by atoms with Gasteiger partial charge in [-0.1, -0.05) is 23.7 Å². The molecule has 4 rings (SSSR count). The van der Waals surface area contributed by atoms with Crippen LogP contribution in [0.1, 0.15) is 23.2 Å². The van der Waals surface area contributed by atoms with E-state index in [-0.39, 0.29) is 39.4 Å². The molecule has 2 amide bonds. The highest BCUT2D eigenvalue weighted by molar-refractivity contribution is 7.92. The van der Waals surface area contributed by atoms with Crippen molar-refractivity contribution in [2.24, 2.45) is 5.92 Å². The number of hydrogen-bond donors (Lipinski definition) is 4. The number of carbonyl (C=O) groups is 2. The minimum Gasteiger partial charge on any atom is -0.506 e. The second-order valence-corrected chi connectivity index (χ2v) is 9.71. The minimum atomic E-state index is -4.01. The van der Waals surface area contributed by atoms with Gasteiger partial charge in [-0.25, -0.2) is 8.42 Å². The summed E-state index contributed by atoms with van der Waals surface area (Å²) in [7, 11) is -4.01. The molecule has 0 atom stereocenters. The minimum absolute atomic E-state index is 0.0182. The molecule has 0 bridgehead atoms. The lowest BCUT2D eigenvalue weighted by atomic mass is 10.1. The fourth-order valence-electron chi connectivity index (χ4n) is 3.07. The third-order valence-corrected chi connectivity index (χ3v) is 6.56. The number of hydrogen-bond acceptors (Lipinski definition) is 5. The number of sulfonamides is 1.